The Bertz CT molecular complexity index is 735. The Morgan fingerprint density at radius 2 is 1.42 bits per heavy atom. The van der Waals surface area contributed by atoms with E-state index in [4.69, 9.17) is 4.74 Å². The first-order chi connectivity index (χ1) is 11.5. The second-order valence-corrected chi connectivity index (χ2v) is 5.01. The van der Waals surface area contributed by atoms with E-state index in [9.17, 15) is 14.4 Å². The molecule has 0 aromatic heterocycles. The zero-order valence-electron chi connectivity index (χ0n) is 13.4. The first kappa shape index (κ1) is 17.2. The van der Waals surface area contributed by atoms with Crippen LogP contribution in [0.2, 0.25) is 0 Å². The van der Waals surface area contributed by atoms with Crippen molar-refractivity contribution < 1.29 is 23.9 Å². The molecule has 24 heavy (non-hydrogen) atoms. The predicted octanol–water partition coefficient (Wildman–Crippen LogP) is 2.33. The van der Waals surface area contributed by atoms with Gasteiger partial charge in [-0.1, -0.05) is 12.1 Å². The lowest BCUT2D eigenvalue weighted by atomic mass is 10.1. The molecule has 124 valence electrons. The molecule has 0 saturated heterocycles. The number of hydrogen-bond acceptors (Lipinski definition) is 5. The van der Waals surface area contributed by atoms with E-state index in [2.05, 4.69) is 10.1 Å². The number of esters is 2. The number of hydrogen-bond donors (Lipinski definition) is 1. The number of carbonyl (C=O) groups is 3. The Labute approximate surface area is 139 Å². The van der Waals surface area contributed by atoms with Gasteiger partial charge >= 0.3 is 11.9 Å². The van der Waals surface area contributed by atoms with Crippen molar-refractivity contribution in [2.24, 2.45) is 0 Å². The van der Waals surface area contributed by atoms with Gasteiger partial charge in [0.15, 0.2) is 0 Å². The summed E-state index contributed by atoms with van der Waals surface area (Å²) in [5.74, 6) is -0.751. The van der Waals surface area contributed by atoms with E-state index in [0.717, 1.165) is 5.56 Å². The first-order valence-electron chi connectivity index (χ1n) is 7.23. The summed E-state index contributed by atoms with van der Waals surface area (Å²) < 4.78 is 9.85. The normalized spacial score (nSPS) is 9.92. The average molecular weight is 327 g/mol. The minimum atomic E-state index is -0.508. The summed E-state index contributed by atoms with van der Waals surface area (Å²) in [7, 11) is 1.30. The van der Waals surface area contributed by atoms with Crippen LogP contribution < -0.4 is 10.1 Å². The monoisotopic (exact) mass is 327 g/mol. The lowest BCUT2D eigenvalue weighted by Crippen LogP contribution is -2.19. The molecule has 0 aliphatic rings. The molecule has 0 fully saturated rings. The lowest BCUT2D eigenvalue weighted by molar-refractivity contribution is -0.119. The SMILES string of the molecule is COC(=O)c1ccc(OC(=O)c2ccc(CNC(C)=O)cc2)cc1. The molecule has 1 amide bonds. The molecule has 1 N–H and O–H groups in total. The molecular weight excluding hydrogens is 310 g/mol. The topological polar surface area (TPSA) is 81.7 Å². The average Bonchev–Trinajstić information content (AvgIpc) is 2.60. The molecule has 2 aromatic rings. The van der Waals surface area contributed by atoms with Gasteiger partial charge in [-0.25, -0.2) is 9.59 Å². The third kappa shape index (κ3) is 4.67. The van der Waals surface area contributed by atoms with Gasteiger partial charge in [0, 0.05) is 13.5 Å². The van der Waals surface area contributed by atoms with Crippen molar-refractivity contribution >= 4 is 17.8 Å². The van der Waals surface area contributed by atoms with Crippen LogP contribution in [-0.4, -0.2) is 25.0 Å². The van der Waals surface area contributed by atoms with Gasteiger partial charge in [0.05, 0.1) is 18.2 Å². The Morgan fingerprint density at radius 3 is 1.96 bits per heavy atom. The second-order valence-electron chi connectivity index (χ2n) is 5.01. The Balaban J connectivity index is 1.99. The van der Waals surface area contributed by atoms with E-state index < -0.39 is 11.9 Å². The molecule has 0 heterocycles. The van der Waals surface area contributed by atoms with E-state index in [0.29, 0.717) is 23.4 Å². The van der Waals surface area contributed by atoms with Crippen molar-refractivity contribution in [1.82, 2.24) is 5.32 Å². The van der Waals surface area contributed by atoms with Crippen LogP contribution in [0.4, 0.5) is 0 Å². The molecule has 0 saturated carbocycles. The summed E-state index contributed by atoms with van der Waals surface area (Å²) in [6.07, 6.45) is 0. The Kier molecular flexibility index (Phi) is 5.68. The molecule has 0 radical (unpaired) electrons. The lowest BCUT2D eigenvalue weighted by Gasteiger charge is -2.06. The molecule has 0 aliphatic carbocycles. The summed E-state index contributed by atoms with van der Waals surface area (Å²) >= 11 is 0. The maximum Gasteiger partial charge on any atom is 0.343 e. The van der Waals surface area contributed by atoms with Crippen molar-refractivity contribution in [3.8, 4) is 5.75 Å². The van der Waals surface area contributed by atoms with Crippen LogP contribution in [0.5, 0.6) is 5.75 Å². The minimum Gasteiger partial charge on any atom is -0.465 e. The van der Waals surface area contributed by atoms with Crippen molar-refractivity contribution in [2.45, 2.75) is 13.5 Å². The van der Waals surface area contributed by atoms with Gasteiger partial charge in [-0.3, -0.25) is 4.79 Å². The fourth-order valence-electron chi connectivity index (χ4n) is 1.93. The van der Waals surface area contributed by atoms with Crippen molar-refractivity contribution in [2.75, 3.05) is 7.11 Å². The van der Waals surface area contributed by atoms with E-state index >= 15 is 0 Å². The number of nitrogens with one attached hydrogen (secondary N) is 1. The minimum absolute atomic E-state index is 0.117. The summed E-state index contributed by atoms with van der Waals surface area (Å²) in [6, 6.07) is 12.8. The molecule has 2 aromatic carbocycles. The third-order valence-electron chi connectivity index (χ3n) is 3.22. The molecule has 6 heteroatoms. The fourth-order valence-corrected chi connectivity index (χ4v) is 1.93. The largest absolute Gasteiger partial charge is 0.465 e. The van der Waals surface area contributed by atoms with Gasteiger partial charge in [0.2, 0.25) is 5.91 Å². The highest BCUT2D eigenvalue weighted by atomic mass is 16.5. The van der Waals surface area contributed by atoms with E-state index in [1.807, 2.05) is 0 Å². The fraction of sp³-hybridized carbons (Fsp3) is 0.167. The van der Waals surface area contributed by atoms with E-state index in [-0.39, 0.29) is 5.91 Å². The first-order valence-corrected chi connectivity index (χ1v) is 7.23. The highest BCUT2D eigenvalue weighted by Crippen LogP contribution is 2.15. The highest BCUT2D eigenvalue weighted by Gasteiger charge is 2.10. The second kappa shape index (κ2) is 7.92. The predicted molar refractivity (Wildman–Crippen MR) is 86.7 cm³/mol. The maximum absolute atomic E-state index is 12.1. The quantitative estimate of drug-likeness (QED) is 0.673. The number of rotatable bonds is 5. The number of benzene rings is 2. The molecule has 0 spiro atoms. The van der Waals surface area contributed by atoms with Crippen LogP contribution >= 0.6 is 0 Å². The molecule has 6 nitrogen and oxygen atoms in total. The molecule has 0 bridgehead atoms. The van der Waals surface area contributed by atoms with Crippen LogP contribution in [0.3, 0.4) is 0 Å². The maximum atomic E-state index is 12.1. The molecular formula is C18H17NO5. The van der Waals surface area contributed by atoms with Crippen molar-refractivity contribution in [1.29, 1.82) is 0 Å². The summed E-state index contributed by atoms with van der Waals surface area (Å²) in [5, 5.41) is 2.68. The van der Waals surface area contributed by atoms with Gasteiger partial charge in [-0.2, -0.15) is 0 Å². The highest BCUT2D eigenvalue weighted by molar-refractivity contribution is 5.92. The Morgan fingerprint density at radius 1 is 0.875 bits per heavy atom. The smallest absolute Gasteiger partial charge is 0.343 e. The summed E-state index contributed by atoms with van der Waals surface area (Å²) in [4.78, 5) is 34.3. The van der Waals surface area contributed by atoms with Gasteiger partial charge < -0.3 is 14.8 Å². The zero-order valence-corrected chi connectivity index (χ0v) is 13.4. The number of carbonyl (C=O) groups excluding carboxylic acids is 3. The van der Waals surface area contributed by atoms with E-state index in [1.165, 1.54) is 38.3 Å². The summed E-state index contributed by atoms with van der Waals surface area (Å²) in [6.45, 7) is 1.84. The molecule has 0 atom stereocenters. The van der Waals surface area contributed by atoms with Gasteiger partial charge in [-0.05, 0) is 42.0 Å². The van der Waals surface area contributed by atoms with E-state index in [1.54, 1.807) is 24.3 Å². The number of amides is 1. The van der Waals surface area contributed by atoms with Crippen LogP contribution in [0.15, 0.2) is 48.5 Å². The van der Waals surface area contributed by atoms with Gasteiger partial charge in [0.1, 0.15) is 5.75 Å². The molecule has 2 rings (SSSR count). The molecule has 0 aliphatic heterocycles. The van der Waals surface area contributed by atoms with Crippen LogP contribution in [-0.2, 0) is 16.1 Å². The summed E-state index contributed by atoms with van der Waals surface area (Å²) in [5.41, 5.74) is 1.64. The standard InChI is InChI=1S/C18H17NO5/c1-12(20)19-11-13-3-5-15(6-4-13)18(22)24-16-9-7-14(8-10-16)17(21)23-2/h3-10H,11H2,1-2H3,(H,19,20). The van der Waals surface area contributed by atoms with Crippen LogP contribution in [0, 0.1) is 0 Å². The van der Waals surface area contributed by atoms with Gasteiger partial charge in [0.25, 0.3) is 0 Å². The number of ether oxygens (including phenoxy) is 2. The van der Waals surface area contributed by atoms with Crippen molar-refractivity contribution in [3.05, 3.63) is 65.2 Å². The zero-order chi connectivity index (χ0) is 17.5. The van der Waals surface area contributed by atoms with Crippen LogP contribution in [0.1, 0.15) is 33.2 Å². The van der Waals surface area contributed by atoms with Gasteiger partial charge in [-0.15, -0.1) is 0 Å². The third-order valence-corrected chi connectivity index (χ3v) is 3.22. The molecule has 0 unspecified atom stereocenters. The van der Waals surface area contributed by atoms with Crippen LogP contribution in [0.25, 0.3) is 0 Å². The van der Waals surface area contributed by atoms with Crippen molar-refractivity contribution in [3.63, 3.8) is 0 Å². The number of methoxy groups -OCH3 is 1. The Hall–Kier alpha value is -3.15.